The summed E-state index contributed by atoms with van der Waals surface area (Å²) in [6, 6.07) is 10.7. The van der Waals surface area contributed by atoms with Gasteiger partial charge in [0.2, 0.25) is 0 Å². The van der Waals surface area contributed by atoms with E-state index in [-0.39, 0.29) is 5.41 Å². The lowest BCUT2D eigenvalue weighted by Crippen LogP contribution is -2.56. The van der Waals surface area contributed by atoms with Gasteiger partial charge in [0.1, 0.15) is 0 Å². The van der Waals surface area contributed by atoms with Gasteiger partial charge in [0.25, 0.3) is 0 Å². The van der Waals surface area contributed by atoms with Crippen molar-refractivity contribution in [3.05, 3.63) is 52.3 Å². The second-order valence-corrected chi connectivity index (χ2v) is 6.29. The number of aromatic nitrogens is 2. The van der Waals surface area contributed by atoms with Crippen LogP contribution in [0.25, 0.3) is 0 Å². The molecule has 1 aliphatic heterocycles. The number of rotatable bonds is 4. The third-order valence-electron chi connectivity index (χ3n) is 4.23. The Hall–Kier alpha value is -1.32. The molecular weight excluding hydrogens is 270 g/mol. The Morgan fingerprint density at radius 3 is 2.45 bits per heavy atom. The molecule has 20 heavy (non-hydrogen) atoms. The third-order valence-corrected chi connectivity index (χ3v) is 4.72. The van der Waals surface area contributed by atoms with E-state index >= 15 is 0 Å². The maximum atomic E-state index is 6.40. The van der Waals surface area contributed by atoms with Gasteiger partial charge >= 0.3 is 0 Å². The second-order valence-electron chi connectivity index (χ2n) is 5.91. The van der Waals surface area contributed by atoms with E-state index in [2.05, 4.69) is 40.7 Å². The Kier molecular flexibility index (Phi) is 3.57. The lowest BCUT2D eigenvalue weighted by molar-refractivity contribution is 0.163. The first-order chi connectivity index (χ1) is 9.60. The molecule has 3 rings (SSSR count). The maximum absolute atomic E-state index is 6.40. The van der Waals surface area contributed by atoms with Crippen LogP contribution in [0, 0.1) is 12.3 Å². The van der Waals surface area contributed by atoms with Gasteiger partial charge in [-0.15, -0.1) is 0 Å². The van der Waals surface area contributed by atoms with Crippen molar-refractivity contribution in [2.75, 3.05) is 13.1 Å². The number of nitrogens with zero attached hydrogens (tertiary/aromatic N) is 2. The summed E-state index contributed by atoms with van der Waals surface area (Å²) >= 11 is 6.40. The summed E-state index contributed by atoms with van der Waals surface area (Å²) < 4.78 is 1.93. The fourth-order valence-electron chi connectivity index (χ4n) is 3.05. The Morgan fingerprint density at radius 1 is 1.25 bits per heavy atom. The van der Waals surface area contributed by atoms with Crippen LogP contribution in [0.15, 0.2) is 30.3 Å². The summed E-state index contributed by atoms with van der Waals surface area (Å²) in [4.78, 5) is 0. The fourth-order valence-corrected chi connectivity index (χ4v) is 3.27. The molecule has 2 heterocycles. The van der Waals surface area contributed by atoms with Gasteiger partial charge < -0.3 is 5.32 Å². The van der Waals surface area contributed by atoms with E-state index in [0.29, 0.717) is 0 Å². The van der Waals surface area contributed by atoms with Crippen LogP contribution in [0.4, 0.5) is 0 Å². The molecule has 4 heteroatoms. The molecule has 1 N–H and O–H groups in total. The van der Waals surface area contributed by atoms with Crippen LogP contribution in [0.1, 0.15) is 17.0 Å². The molecule has 0 spiro atoms. The Labute approximate surface area is 124 Å². The van der Waals surface area contributed by atoms with E-state index in [1.807, 2.05) is 18.7 Å². The van der Waals surface area contributed by atoms with Crippen molar-refractivity contribution in [3.63, 3.8) is 0 Å². The highest BCUT2D eigenvalue weighted by Crippen LogP contribution is 2.34. The summed E-state index contributed by atoms with van der Waals surface area (Å²) in [6.45, 7) is 4.06. The number of nitrogens with one attached hydrogen (secondary N) is 1. The van der Waals surface area contributed by atoms with E-state index in [1.54, 1.807) is 0 Å². The summed E-state index contributed by atoms with van der Waals surface area (Å²) in [5, 5.41) is 8.67. The minimum absolute atomic E-state index is 0.269. The molecule has 2 aromatic rings. The zero-order chi connectivity index (χ0) is 14.2. The molecule has 1 aliphatic rings. The predicted octanol–water partition coefficient (Wildman–Crippen LogP) is 2.76. The highest BCUT2D eigenvalue weighted by Gasteiger charge is 2.38. The molecule has 1 saturated heterocycles. The average molecular weight is 290 g/mol. The van der Waals surface area contributed by atoms with Crippen molar-refractivity contribution >= 4 is 11.6 Å². The number of aryl methyl sites for hydroxylation is 2. The molecule has 0 saturated carbocycles. The van der Waals surface area contributed by atoms with E-state index in [1.165, 1.54) is 5.56 Å². The van der Waals surface area contributed by atoms with Gasteiger partial charge in [-0.3, -0.25) is 4.68 Å². The lowest BCUT2D eigenvalue weighted by Gasteiger charge is -2.43. The van der Waals surface area contributed by atoms with Gasteiger partial charge in [0, 0.05) is 25.6 Å². The first kappa shape index (κ1) is 13.7. The monoisotopic (exact) mass is 289 g/mol. The van der Waals surface area contributed by atoms with Crippen molar-refractivity contribution in [3.8, 4) is 0 Å². The van der Waals surface area contributed by atoms with Crippen LogP contribution >= 0.6 is 11.6 Å². The van der Waals surface area contributed by atoms with Crippen molar-refractivity contribution in [2.24, 2.45) is 12.5 Å². The molecule has 0 aliphatic carbocycles. The van der Waals surface area contributed by atoms with Gasteiger partial charge in [0.05, 0.1) is 16.4 Å². The second kappa shape index (κ2) is 5.23. The summed E-state index contributed by atoms with van der Waals surface area (Å²) in [5.74, 6) is 0. The first-order valence-corrected chi connectivity index (χ1v) is 7.40. The summed E-state index contributed by atoms with van der Waals surface area (Å²) in [6.07, 6.45) is 2.06. The normalized spacial score (nSPS) is 16.9. The molecule has 3 nitrogen and oxygen atoms in total. The number of benzene rings is 1. The van der Waals surface area contributed by atoms with Crippen molar-refractivity contribution in [1.82, 2.24) is 15.1 Å². The van der Waals surface area contributed by atoms with Crippen molar-refractivity contribution in [1.29, 1.82) is 0 Å². The van der Waals surface area contributed by atoms with Gasteiger partial charge in [-0.25, -0.2) is 0 Å². The molecule has 1 aromatic heterocycles. The highest BCUT2D eigenvalue weighted by atomic mass is 35.5. The molecule has 1 aromatic carbocycles. The quantitative estimate of drug-likeness (QED) is 0.938. The average Bonchev–Trinajstić information content (AvgIpc) is 2.63. The SMILES string of the molecule is Cc1nn(C)c(CC2(Cc3ccccc3)CNC2)c1Cl. The van der Waals surface area contributed by atoms with E-state index < -0.39 is 0 Å². The first-order valence-electron chi connectivity index (χ1n) is 7.02. The third kappa shape index (κ3) is 2.48. The summed E-state index contributed by atoms with van der Waals surface area (Å²) in [7, 11) is 1.98. The molecule has 106 valence electrons. The number of hydrogen-bond acceptors (Lipinski definition) is 2. The number of hydrogen-bond donors (Lipinski definition) is 1. The predicted molar refractivity (Wildman–Crippen MR) is 82.1 cm³/mol. The zero-order valence-electron chi connectivity index (χ0n) is 12.0. The largest absolute Gasteiger partial charge is 0.315 e. The van der Waals surface area contributed by atoms with Crippen molar-refractivity contribution in [2.45, 2.75) is 19.8 Å². The minimum Gasteiger partial charge on any atom is -0.315 e. The molecule has 1 fully saturated rings. The molecular formula is C16H20ClN3. The van der Waals surface area contributed by atoms with Crippen LogP contribution in [-0.4, -0.2) is 22.9 Å². The fraction of sp³-hybridized carbons (Fsp3) is 0.438. The van der Waals surface area contributed by atoms with Gasteiger partial charge in [-0.1, -0.05) is 41.9 Å². The van der Waals surface area contributed by atoms with Crippen LogP contribution < -0.4 is 5.32 Å². The molecule has 0 atom stereocenters. The molecule has 0 unspecified atom stereocenters. The van der Waals surface area contributed by atoms with Gasteiger partial charge in [-0.05, 0) is 25.3 Å². The molecule has 0 radical (unpaired) electrons. The minimum atomic E-state index is 0.269. The van der Waals surface area contributed by atoms with Crippen LogP contribution in [-0.2, 0) is 19.9 Å². The smallest absolute Gasteiger partial charge is 0.0847 e. The zero-order valence-corrected chi connectivity index (χ0v) is 12.7. The van der Waals surface area contributed by atoms with Crippen LogP contribution in [0.5, 0.6) is 0 Å². The van der Waals surface area contributed by atoms with Gasteiger partial charge in [0.15, 0.2) is 0 Å². The maximum Gasteiger partial charge on any atom is 0.0847 e. The Morgan fingerprint density at radius 2 is 1.95 bits per heavy atom. The van der Waals surface area contributed by atoms with E-state index in [4.69, 9.17) is 11.6 Å². The van der Waals surface area contributed by atoms with Gasteiger partial charge in [-0.2, -0.15) is 5.10 Å². The topological polar surface area (TPSA) is 29.9 Å². The van der Waals surface area contributed by atoms with E-state index in [0.717, 1.165) is 42.3 Å². The Balaban J connectivity index is 1.83. The number of halogens is 1. The van der Waals surface area contributed by atoms with Crippen molar-refractivity contribution < 1.29 is 0 Å². The molecule has 0 amide bonds. The Bertz CT molecular complexity index is 600. The van der Waals surface area contributed by atoms with Crippen LogP contribution in [0.2, 0.25) is 5.02 Å². The summed E-state index contributed by atoms with van der Waals surface area (Å²) in [5.41, 5.74) is 3.74. The highest BCUT2D eigenvalue weighted by molar-refractivity contribution is 6.31. The standard InChI is InChI=1S/C16H20ClN3/c1-12-15(17)14(20(2)19-12)9-16(10-18-11-16)8-13-6-4-3-5-7-13/h3-7,18H,8-11H2,1-2H3. The van der Waals surface area contributed by atoms with Crippen LogP contribution in [0.3, 0.4) is 0 Å². The molecule has 0 bridgehead atoms. The lowest BCUT2D eigenvalue weighted by atomic mass is 9.73. The van der Waals surface area contributed by atoms with E-state index in [9.17, 15) is 0 Å².